The van der Waals surface area contributed by atoms with Crippen LogP contribution in [-0.4, -0.2) is 61.0 Å². The minimum absolute atomic E-state index is 0.0691. The van der Waals surface area contributed by atoms with Crippen molar-refractivity contribution in [1.29, 1.82) is 0 Å². The van der Waals surface area contributed by atoms with Crippen molar-refractivity contribution in [3.63, 3.8) is 0 Å². The topological polar surface area (TPSA) is 144 Å². The van der Waals surface area contributed by atoms with Crippen molar-refractivity contribution in [2.75, 3.05) is 37.0 Å². The quantitative estimate of drug-likeness (QED) is 0.322. The minimum Gasteiger partial charge on any atom is -0.480 e. The first kappa shape index (κ1) is 18.4. The number of anilines is 2. The maximum absolute atomic E-state index is 11.9. The molecule has 0 radical (unpaired) electrons. The highest BCUT2D eigenvalue weighted by atomic mass is 16.4. The van der Waals surface area contributed by atoms with Crippen molar-refractivity contribution in [1.82, 2.24) is 0 Å². The van der Waals surface area contributed by atoms with Gasteiger partial charge in [0.05, 0.1) is 0 Å². The number of rotatable bonds is 7. The van der Waals surface area contributed by atoms with Gasteiger partial charge in [-0.2, -0.15) is 0 Å². The lowest BCUT2D eigenvalue weighted by atomic mass is 9.78. The van der Waals surface area contributed by atoms with Crippen molar-refractivity contribution in [3.05, 3.63) is 20.4 Å². The van der Waals surface area contributed by atoms with E-state index in [0.717, 1.165) is 0 Å². The third-order valence-corrected chi connectivity index (χ3v) is 4.66. The zero-order chi connectivity index (χ0) is 18.2. The molecule has 2 rings (SSSR count). The zero-order valence-electron chi connectivity index (χ0n) is 13.7. The monoisotopic (exact) mass is 339 g/mol. The van der Waals surface area contributed by atoms with Gasteiger partial charge in [0, 0.05) is 33.1 Å². The second-order valence-electron chi connectivity index (χ2n) is 6.58. The molecule has 1 aromatic carbocycles. The van der Waals surface area contributed by atoms with E-state index in [1.807, 2.05) is 0 Å². The molecule has 24 heavy (non-hydrogen) atoms. The Morgan fingerprint density at radius 3 is 2.50 bits per heavy atom. The Labute approximate surface area is 139 Å². The first-order valence-corrected chi connectivity index (χ1v) is 7.73. The third-order valence-electron chi connectivity index (χ3n) is 4.66. The number of carboxylic acid groups (broad SMARTS) is 1. The van der Waals surface area contributed by atoms with Gasteiger partial charge in [-0.25, -0.2) is 0 Å². The van der Waals surface area contributed by atoms with Crippen LogP contribution in [-0.2, 0) is 4.79 Å². The summed E-state index contributed by atoms with van der Waals surface area (Å²) in [5, 5.41) is 27.3. The number of hydrogen-bond donors (Lipinski definition) is 4. The zero-order valence-corrected chi connectivity index (χ0v) is 13.7. The van der Waals surface area contributed by atoms with Crippen LogP contribution in [0.25, 0.3) is 0 Å². The van der Waals surface area contributed by atoms with Gasteiger partial charge in [0.2, 0.25) is 0 Å². The van der Waals surface area contributed by atoms with Crippen LogP contribution in [0.15, 0.2) is 9.59 Å². The van der Waals surface area contributed by atoms with Gasteiger partial charge in [0.1, 0.15) is 16.9 Å². The van der Waals surface area contributed by atoms with Crippen molar-refractivity contribution in [2.45, 2.75) is 24.7 Å². The summed E-state index contributed by atoms with van der Waals surface area (Å²) in [6.07, 6.45) is 0.897. The molecule has 1 heterocycles. The molecule has 0 aromatic heterocycles. The van der Waals surface area contributed by atoms with Crippen LogP contribution in [0.2, 0.25) is 6.32 Å². The molecule has 1 aromatic rings. The Kier molecular flexibility index (Phi) is 5.02. The lowest BCUT2D eigenvalue weighted by Gasteiger charge is -2.27. The van der Waals surface area contributed by atoms with Crippen LogP contribution in [0, 0.1) is 5.92 Å². The molecule has 0 bridgehead atoms. The van der Waals surface area contributed by atoms with Crippen LogP contribution in [0.1, 0.15) is 12.8 Å². The molecule has 9 nitrogen and oxygen atoms in total. The van der Waals surface area contributed by atoms with Crippen LogP contribution >= 0.6 is 0 Å². The largest absolute Gasteiger partial charge is 0.480 e. The van der Waals surface area contributed by atoms with Gasteiger partial charge in [-0.15, -0.1) is 0 Å². The predicted molar refractivity (Wildman–Crippen MR) is 90.2 cm³/mol. The Balaban J connectivity index is 2.24. The summed E-state index contributed by atoms with van der Waals surface area (Å²) in [5.74, 6) is -1.64. The molecule has 1 saturated heterocycles. The second kappa shape index (κ2) is 6.54. The number of aliphatic carboxylic acids is 1. The van der Waals surface area contributed by atoms with E-state index in [9.17, 15) is 19.5 Å². The van der Waals surface area contributed by atoms with Crippen molar-refractivity contribution in [2.24, 2.45) is 11.7 Å². The molecule has 1 fully saturated rings. The molecule has 0 spiro atoms. The molecule has 5 N–H and O–H groups in total. The molecule has 1 aliphatic heterocycles. The van der Waals surface area contributed by atoms with Gasteiger partial charge in [-0.3, -0.25) is 14.4 Å². The van der Waals surface area contributed by atoms with E-state index in [1.165, 1.54) is 4.90 Å². The smallest absolute Gasteiger partial charge is 0.451 e. The first-order valence-electron chi connectivity index (χ1n) is 7.73. The van der Waals surface area contributed by atoms with Crippen molar-refractivity contribution in [3.8, 4) is 0 Å². The van der Waals surface area contributed by atoms with Crippen LogP contribution in [0.3, 0.4) is 0 Å². The summed E-state index contributed by atoms with van der Waals surface area (Å²) < 4.78 is 0. The van der Waals surface area contributed by atoms with Gasteiger partial charge in [-0.1, -0.05) is 6.42 Å². The summed E-state index contributed by atoms with van der Waals surface area (Å²) >= 11 is 0. The summed E-state index contributed by atoms with van der Waals surface area (Å²) in [6.45, 7) is 0.163. The van der Waals surface area contributed by atoms with E-state index in [-0.39, 0.29) is 30.8 Å². The molecule has 0 aliphatic carbocycles. The molecular weight excluding hydrogens is 317 g/mol. The predicted octanol–water partition coefficient (Wildman–Crippen LogP) is -2.18. The normalized spacial score (nSPS) is 23.7. The van der Waals surface area contributed by atoms with E-state index in [1.54, 1.807) is 19.0 Å². The van der Waals surface area contributed by atoms with Crippen molar-refractivity contribution < 1.29 is 19.9 Å². The lowest BCUT2D eigenvalue weighted by molar-refractivity contribution is -0.144. The maximum atomic E-state index is 11.9. The molecule has 2 atom stereocenters. The highest BCUT2D eigenvalue weighted by Crippen LogP contribution is 2.35. The Hall–Kier alpha value is -1.91. The number of carbonyl (C=O) groups is 1. The number of hydrogen-bond acceptors (Lipinski definition) is 8. The summed E-state index contributed by atoms with van der Waals surface area (Å²) in [7, 11) is 1.83. The summed E-state index contributed by atoms with van der Waals surface area (Å²) in [6, 6.07) is 0. The fraction of sp³-hybridized carbons (Fsp3) is 0.643. The van der Waals surface area contributed by atoms with E-state index in [2.05, 4.69) is 0 Å². The van der Waals surface area contributed by atoms with Gasteiger partial charge < -0.3 is 30.7 Å². The van der Waals surface area contributed by atoms with Crippen LogP contribution in [0.4, 0.5) is 11.4 Å². The van der Waals surface area contributed by atoms with E-state index in [0.29, 0.717) is 12.8 Å². The molecule has 0 saturated carbocycles. The van der Waals surface area contributed by atoms with Gasteiger partial charge in [0.25, 0.3) is 10.9 Å². The molecule has 10 heteroatoms. The molecule has 2 unspecified atom stereocenters. The number of nitrogens with zero attached hydrogens (tertiary/aromatic N) is 2. The lowest BCUT2D eigenvalue weighted by Crippen LogP contribution is -2.55. The highest BCUT2D eigenvalue weighted by molar-refractivity contribution is 6.40. The fourth-order valence-corrected chi connectivity index (χ4v) is 3.32. The summed E-state index contributed by atoms with van der Waals surface area (Å²) in [4.78, 5) is 38.4. The maximum Gasteiger partial charge on any atom is 0.451 e. The molecule has 1 aliphatic rings. The van der Waals surface area contributed by atoms with E-state index < -0.39 is 35.4 Å². The Bertz CT molecular complexity index is 699. The standard InChI is InChI=1S/C14H22BN3O6/c1-17(2)9-10(12(20)11(9)19)18-6-8(4-3-5-15(23)24)14(16,7-18)13(21)22/h8,23-24H,3-7,16H2,1-2H3,(H,21,22). The SMILES string of the molecule is CN(C)c1c(N2CC(CCCB(O)O)C(N)(C(=O)O)C2)c(=O)c1=O. The highest BCUT2D eigenvalue weighted by Gasteiger charge is 2.51. The van der Waals surface area contributed by atoms with Crippen LogP contribution in [0.5, 0.6) is 0 Å². The first-order chi connectivity index (χ1) is 11.1. The van der Waals surface area contributed by atoms with E-state index >= 15 is 0 Å². The minimum atomic E-state index is -1.55. The molecule has 132 valence electrons. The third kappa shape index (κ3) is 3.04. The van der Waals surface area contributed by atoms with Gasteiger partial charge >= 0.3 is 13.1 Å². The Morgan fingerprint density at radius 1 is 1.38 bits per heavy atom. The molecular formula is C14H22BN3O6. The average molecular weight is 339 g/mol. The summed E-state index contributed by atoms with van der Waals surface area (Å²) in [5.41, 5.74) is 3.79. The van der Waals surface area contributed by atoms with E-state index in [4.69, 9.17) is 15.8 Å². The van der Waals surface area contributed by atoms with Crippen molar-refractivity contribution >= 4 is 24.5 Å². The van der Waals surface area contributed by atoms with Gasteiger partial charge in [-0.05, 0) is 12.7 Å². The van der Waals surface area contributed by atoms with Gasteiger partial charge in [0.15, 0.2) is 0 Å². The number of carboxylic acids is 1. The van der Waals surface area contributed by atoms with Crippen LogP contribution < -0.4 is 26.4 Å². The number of nitrogens with two attached hydrogens (primary N) is 1. The fourth-order valence-electron chi connectivity index (χ4n) is 3.32. The average Bonchev–Trinajstić information content (AvgIpc) is 2.80. The second-order valence-corrected chi connectivity index (χ2v) is 6.58. The molecule has 0 amide bonds. The Morgan fingerprint density at radius 2 is 2.00 bits per heavy atom.